The van der Waals surface area contributed by atoms with Crippen molar-refractivity contribution in [3.8, 4) is 0 Å². The van der Waals surface area contributed by atoms with Crippen LogP contribution in [-0.2, 0) is 18.3 Å². The van der Waals surface area contributed by atoms with Crippen LogP contribution in [0.25, 0.3) is 0 Å². The Hall–Kier alpha value is 1.04. The summed E-state index contributed by atoms with van der Waals surface area (Å²) in [4.78, 5) is 72.8. The first kappa shape index (κ1) is 24.0. The van der Waals surface area contributed by atoms with E-state index in [-0.39, 0.29) is 16.7 Å². The molecule has 0 unspecified atom stereocenters. The molecule has 0 aliphatic heterocycles. The second-order valence-electron chi connectivity index (χ2n) is 4.33. The van der Waals surface area contributed by atoms with E-state index in [1.165, 1.54) is 0 Å². The summed E-state index contributed by atoms with van der Waals surface area (Å²) in [7, 11) is -22.9. The van der Waals surface area contributed by atoms with Crippen molar-refractivity contribution in [1.82, 2.24) is 4.90 Å². The van der Waals surface area contributed by atoms with E-state index >= 15 is 0 Å². The predicted molar refractivity (Wildman–Crippen MR) is 80.9 cm³/mol. The summed E-state index contributed by atoms with van der Waals surface area (Å²) >= 11 is 2.88. The van der Waals surface area contributed by atoms with Crippen molar-refractivity contribution in [3.05, 3.63) is 0 Å². The summed E-state index contributed by atoms with van der Waals surface area (Å²) in [6.07, 6.45) is -0.174. The minimum absolute atomic E-state index is 0.0631. The van der Waals surface area contributed by atoms with Crippen LogP contribution in [0.5, 0.6) is 0 Å². The first-order chi connectivity index (χ1) is 9.94. The van der Waals surface area contributed by atoms with Gasteiger partial charge in [-0.05, 0) is 6.42 Å². The van der Waals surface area contributed by atoms with Crippen LogP contribution in [-0.4, -0.2) is 67.0 Å². The molecule has 23 heavy (non-hydrogen) atoms. The van der Waals surface area contributed by atoms with Gasteiger partial charge in [0.2, 0.25) is 11.0 Å². The molecule has 0 aliphatic rings. The topological polar surface area (TPSA) is 233 Å². The molecule has 0 aromatic heterocycles. The SMILES string of the molecule is O=P(O)(O)C(N(CCCBr)C(P(=O)(O)O)P(=O)(O)O)P(=O)(O)O. The van der Waals surface area contributed by atoms with Crippen LogP contribution in [0, 0.1) is 0 Å². The largest absolute Gasteiger partial charge is 0.355 e. The first-order valence-corrected chi connectivity index (χ1v) is 13.3. The molecule has 0 fully saturated rings. The lowest BCUT2D eigenvalue weighted by atomic mass is 10.5. The van der Waals surface area contributed by atoms with E-state index in [4.69, 9.17) is 39.1 Å². The highest BCUT2D eigenvalue weighted by Gasteiger charge is 2.58. The number of alkyl halides is 1. The second kappa shape index (κ2) is 8.16. The summed E-state index contributed by atoms with van der Waals surface area (Å²) in [5, 5.41) is 0.0631. The third-order valence-electron chi connectivity index (χ3n) is 2.35. The van der Waals surface area contributed by atoms with Crippen molar-refractivity contribution in [3.63, 3.8) is 0 Å². The molecule has 18 heteroatoms. The average Bonchev–Trinajstić information content (AvgIpc) is 2.17. The molecule has 0 aromatic carbocycles. The summed E-state index contributed by atoms with van der Waals surface area (Å²) in [5.74, 6) is 0. The van der Waals surface area contributed by atoms with Gasteiger partial charge in [-0.2, -0.15) is 0 Å². The monoisotopic (exact) mass is 485 g/mol. The van der Waals surface area contributed by atoms with E-state index in [0.717, 1.165) is 0 Å². The van der Waals surface area contributed by atoms with Crippen LogP contribution in [0.2, 0.25) is 0 Å². The minimum Gasteiger partial charge on any atom is -0.323 e. The molecule has 140 valence electrons. The Balaban J connectivity index is 6.39. The zero-order chi connectivity index (χ0) is 18.9. The Kier molecular flexibility index (Phi) is 8.53. The number of rotatable bonds is 9. The lowest BCUT2D eigenvalue weighted by molar-refractivity contribution is 0.201. The van der Waals surface area contributed by atoms with Gasteiger partial charge in [0.05, 0.1) is 0 Å². The van der Waals surface area contributed by atoms with Crippen molar-refractivity contribution in [2.75, 3.05) is 11.9 Å². The van der Waals surface area contributed by atoms with Crippen LogP contribution >= 0.6 is 46.3 Å². The predicted octanol–water partition coefficient (Wildman–Crippen LogP) is -0.649. The lowest BCUT2D eigenvalue weighted by Crippen LogP contribution is -2.43. The molecule has 8 N–H and O–H groups in total. The first-order valence-electron chi connectivity index (χ1n) is 5.46. The summed E-state index contributed by atoms with van der Waals surface area (Å²) < 4.78 is 45.5. The highest BCUT2D eigenvalue weighted by molar-refractivity contribution is 9.09. The maximum Gasteiger partial charge on any atom is 0.355 e. The van der Waals surface area contributed by atoms with E-state index in [9.17, 15) is 18.3 Å². The zero-order valence-corrected chi connectivity index (χ0v) is 16.3. The maximum absolute atomic E-state index is 11.4. The highest BCUT2D eigenvalue weighted by Crippen LogP contribution is 2.68. The van der Waals surface area contributed by atoms with Gasteiger partial charge in [-0.3, -0.25) is 23.2 Å². The van der Waals surface area contributed by atoms with Gasteiger partial charge in [0.25, 0.3) is 0 Å². The lowest BCUT2D eigenvalue weighted by Gasteiger charge is -2.37. The second-order valence-corrected chi connectivity index (χ2v) is 12.6. The molecule has 0 saturated carbocycles. The van der Waals surface area contributed by atoms with Crippen molar-refractivity contribution in [1.29, 1.82) is 0 Å². The quantitative estimate of drug-likeness (QED) is 0.150. The summed E-state index contributed by atoms with van der Waals surface area (Å²) in [6.45, 7) is -0.812. The third kappa shape index (κ3) is 7.43. The fourth-order valence-electron chi connectivity index (χ4n) is 1.76. The zero-order valence-electron chi connectivity index (χ0n) is 11.1. The Labute approximate surface area is 138 Å². The molecule has 0 amide bonds. The van der Waals surface area contributed by atoms with Gasteiger partial charge in [0.15, 0.2) is 0 Å². The molecule has 0 saturated heterocycles. The van der Waals surface area contributed by atoms with Gasteiger partial charge >= 0.3 is 30.4 Å². The Bertz CT molecular complexity index is 494. The van der Waals surface area contributed by atoms with Crippen molar-refractivity contribution in [2.24, 2.45) is 0 Å². The van der Waals surface area contributed by atoms with Gasteiger partial charge in [-0.1, -0.05) is 15.9 Å². The molecule has 0 spiro atoms. The van der Waals surface area contributed by atoms with Crippen molar-refractivity contribution < 1.29 is 57.4 Å². The third-order valence-corrected chi connectivity index (χ3v) is 10.1. The molecule has 0 heterocycles. The average molecular weight is 486 g/mol. The van der Waals surface area contributed by atoms with Crippen LogP contribution < -0.4 is 0 Å². The van der Waals surface area contributed by atoms with Gasteiger partial charge in [-0.25, -0.2) is 0 Å². The summed E-state index contributed by atoms with van der Waals surface area (Å²) in [6, 6.07) is 0. The summed E-state index contributed by atoms with van der Waals surface area (Å²) in [5.41, 5.74) is -6.22. The molecule has 0 bridgehead atoms. The van der Waals surface area contributed by atoms with Crippen molar-refractivity contribution >= 4 is 46.3 Å². The molecule has 0 aliphatic carbocycles. The smallest absolute Gasteiger partial charge is 0.323 e. The van der Waals surface area contributed by atoms with Crippen LogP contribution in [0.1, 0.15) is 6.42 Å². The number of hydrogen-bond donors (Lipinski definition) is 8. The van der Waals surface area contributed by atoms with Crippen LogP contribution in [0.15, 0.2) is 0 Å². The van der Waals surface area contributed by atoms with Crippen LogP contribution in [0.4, 0.5) is 0 Å². The Morgan fingerprint density at radius 1 is 0.696 bits per heavy atom. The van der Waals surface area contributed by atoms with Gasteiger partial charge in [0, 0.05) is 11.9 Å². The standard InChI is InChI=1S/C5H16BrNO12P4/c6-2-1-3-7(4(20(8,9)10)21(11,12)13)5(22(14,15)16)23(17,18)19/h4-5H,1-3H2,(H2,8,9,10)(H2,11,12,13)(H2,14,15,16)(H2,17,18,19). The fraction of sp³-hybridized carbons (Fsp3) is 1.00. The number of halogens is 1. The van der Waals surface area contributed by atoms with E-state index in [0.29, 0.717) is 0 Å². The number of hydrogen-bond acceptors (Lipinski definition) is 5. The maximum atomic E-state index is 11.4. The molecular weight excluding hydrogens is 470 g/mol. The fourth-order valence-corrected chi connectivity index (χ4v) is 8.10. The minimum atomic E-state index is -5.73. The molecule has 0 radical (unpaired) electrons. The molecule has 0 atom stereocenters. The van der Waals surface area contributed by atoms with Gasteiger partial charge in [0.1, 0.15) is 0 Å². The van der Waals surface area contributed by atoms with E-state index < -0.39 is 48.0 Å². The van der Waals surface area contributed by atoms with Crippen molar-refractivity contribution in [2.45, 2.75) is 17.5 Å². The molecule has 0 rings (SSSR count). The van der Waals surface area contributed by atoms with E-state index in [2.05, 4.69) is 15.9 Å². The molecular formula is C5H16BrNO12P4. The van der Waals surface area contributed by atoms with E-state index in [1.54, 1.807) is 0 Å². The Morgan fingerprint density at radius 3 is 1.13 bits per heavy atom. The Morgan fingerprint density at radius 2 is 0.957 bits per heavy atom. The highest BCUT2D eigenvalue weighted by atomic mass is 79.9. The number of nitrogens with zero attached hydrogens (tertiary/aromatic N) is 1. The molecule has 0 aromatic rings. The van der Waals surface area contributed by atoms with Crippen LogP contribution in [0.3, 0.4) is 0 Å². The molecule has 13 nitrogen and oxygen atoms in total. The van der Waals surface area contributed by atoms with E-state index in [1.807, 2.05) is 0 Å². The van der Waals surface area contributed by atoms with Gasteiger partial charge < -0.3 is 39.1 Å². The van der Waals surface area contributed by atoms with Gasteiger partial charge in [-0.15, -0.1) is 0 Å². The normalized spacial score (nSPS) is 15.0.